The summed E-state index contributed by atoms with van der Waals surface area (Å²) in [5.74, 6) is -0.797. The number of carbonyl (C=O) groups excluding carboxylic acids is 2. The number of aromatic nitrogens is 2. The van der Waals surface area contributed by atoms with Gasteiger partial charge in [0.25, 0.3) is 11.8 Å². The molecule has 1 saturated carbocycles. The van der Waals surface area contributed by atoms with Crippen LogP contribution in [0.1, 0.15) is 52.2 Å². The van der Waals surface area contributed by atoms with Crippen LogP contribution >= 0.6 is 11.3 Å². The molecule has 0 saturated heterocycles. The molecule has 0 aromatic carbocycles. The third-order valence-corrected chi connectivity index (χ3v) is 4.81. The Morgan fingerprint density at radius 3 is 2.48 bits per heavy atom. The summed E-state index contributed by atoms with van der Waals surface area (Å²) < 4.78 is 0. The molecule has 0 bridgehead atoms. The van der Waals surface area contributed by atoms with Gasteiger partial charge in [-0.2, -0.15) is 11.3 Å². The van der Waals surface area contributed by atoms with Crippen molar-refractivity contribution in [3.8, 4) is 0 Å². The minimum Gasteiger partial charge on any atom is -0.364 e. The van der Waals surface area contributed by atoms with Crippen molar-refractivity contribution in [3.63, 3.8) is 0 Å². The lowest BCUT2D eigenvalue weighted by molar-refractivity contribution is 0.0657. The Morgan fingerprint density at radius 2 is 1.91 bits per heavy atom. The zero-order valence-corrected chi connectivity index (χ0v) is 13.5. The number of thiophene rings is 1. The fourth-order valence-electron chi connectivity index (χ4n) is 2.87. The maximum absolute atomic E-state index is 12.8. The Kier molecular flexibility index (Phi) is 4.66. The summed E-state index contributed by atoms with van der Waals surface area (Å²) in [6, 6.07) is 2.27. The molecule has 2 N–H and O–H groups in total. The van der Waals surface area contributed by atoms with E-state index < -0.39 is 5.91 Å². The van der Waals surface area contributed by atoms with Crippen molar-refractivity contribution in [1.29, 1.82) is 0 Å². The van der Waals surface area contributed by atoms with Crippen LogP contribution in [0.15, 0.2) is 29.2 Å². The van der Waals surface area contributed by atoms with Crippen molar-refractivity contribution < 1.29 is 9.59 Å². The van der Waals surface area contributed by atoms with Gasteiger partial charge in [0.1, 0.15) is 11.4 Å². The van der Waals surface area contributed by atoms with Gasteiger partial charge >= 0.3 is 0 Å². The summed E-state index contributed by atoms with van der Waals surface area (Å²) in [6.45, 7) is 0.576. The van der Waals surface area contributed by atoms with Crippen LogP contribution < -0.4 is 5.73 Å². The fraction of sp³-hybridized carbons (Fsp3) is 0.375. The van der Waals surface area contributed by atoms with Crippen LogP contribution in [0.3, 0.4) is 0 Å². The largest absolute Gasteiger partial charge is 0.364 e. The number of amides is 2. The predicted molar refractivity (Wildman–Crippen MR) is 87.0 cm³/mol. The molecule has 0 unspecified atom stereocenters. The molecule has 120 valence electrons. The second-order valence-electron chi connectivity index (χ2n) is 5.65. The highest BCUT2D eigenvalue weighted by molar-refractivity contribution is 7.07. The van der Waals surface area contributed by atoms with Crippen LogP contribution in [0.4, 0.5) is 0 Å². The molecule has 1 aliphatic rings. The maximum atomic E-state index is 12.8. The van der Waals surface area contributed by atoms with Gasteiger partial charge in [0.05, 0.1) is 12.4 Å². The maximum Gasteiger partial charge on any atom is 0.274 e. The van der Waals surface area contributed by atoms with E-state index in [2.05, 4.69) is 15.3 Å². The lowest BCUT2D eigenvalue weighted by Gasteiger charge is -2.28. The standard InChI is InChI=1S/C16H18N4O2S/c17-15(21)13-7-19-14(8-18-13)16(22)20(12-3-1-2-4-12)9-11-5-6-23-10-11/h5-8,10,12H,1-4,9H2,(H2,17,21). The van der Waals surface area contributed by atoms with Crippen molar-refractivity contribution in [2.45, 2.75) is 38.3 Å². The normalized spacial score (nSPS) is 14.8. The van der Waals surface area contributed by atoms with Crippen LogP contribution in [0.2, 0.25) is 0 Å². The van der Waals surface area contributed by atoms with E-state index in [4.69, 9.17) is 5.73 Å². The van der Waals surface area contributed by atoms with E-state index in [9.17, 15) is 9.59 Å². The van der Waals surface area contributed by atoms with E-state index in [1.54, 1.807) is 11.3 Å². The number of hydrogen-bond donors (Lipinski definition) is 1. The topological polar surface area (TPSA) is 89.2 Å². The van der Waals surface area contributed by atoms with Crippen molar-refractivity contribution in [1.82, 2.24) is 14.9 Å². The summed E-state index contributed by atoms with van der Waals surface area (Å²) >= 11 is 1.62. The first-order valence-electron chi connectivity index (χ1n) is 7.59. The zero-order chi connectivity index (χ0) is 16.2. The van der Waals surface area contributed by atoms with Crippen molar-refractivity contribution in [2.75, 3.05) is 0 Å². The minimum atomic E-state index is -0.651. The molecule has 2 aromatic heterocycles. The van der Waals surface area contributed by atoms with Gasteiger partial charge in [0.2, 0.25) is 0 Å². The van der Waals surface area contributed by atoms with Gasteiger partial charge < -0.3 is 10.6 Å². The number of hydrogen-bond acceptors (Lipinski definition) is 5. The molecule has 2 aromatic rings. The molecule has 1 fully saturated rings. The van der Waals surface area contributed by atoms with Gasteiger partial charge in [0.15, 0.2) is 0 Å². The average Bonchev–Trinajstić information content (AvgIpc) is 3.25. The average molecular weight is 330 g/mol. The molecule has 0 spiro atoms. The molecule has 0 aliphatic heterocycles. The first-order chi connectivity index (χ1) is 11.1. The highest BCUT2D eigenvalue weighted by Gasteiger charge is 2.28. The minimum absolute atomic E-state index is 0.0619. The molecule has 7 heteroatoms. The van der Waals surface area contributed by atoms with E-state index in [-0.39, 0.29) is 23.3 Å². The van der Waals surface area contributed by atoms with Crippen molar-refractivity contribution in [3.05, 3.63) is 46.2 Å². The second-order valence-corrected chi connectivity index (χ2v) is 6.43. The first-order valence-corrected chi connectivity index (χ1v) is 8.53. The molecule has 0 radical (unpaired) electrons. The van der Waals surface area contributed by atoms with E-state index in [0.717, 1.165) is 31.2 Å². The van der Waals surface area contributed by atoms with Crippen LogP contribution in [0.25, 0.3) is 0 Å². The highest BCUT2D eigenvalue weighted by atomic mass is 32.1. The third kappa shape index (κ3) is 3.56. The molecule has 23 heavy (non-hydrogen) atoms. The van der Waals surface area contributed by atoms with Crippen LogP contribution in [-0.2, 0) is 6.54 Å². The molecular weight excluding hydrogens is 312 g/mol. The summed E-state index contributed by atoms with van der Waals surface area (Å²) in [6.07, 6.45) is 6.91. The quantitative estimate of drug-likeness (QED) is 0.910. The van der Waals surface area contributed by atoms with Crippen LogP contribution in [0.5, 0.6) is 0 Å². The van der Waals surface area contributed by atoms with Gasteiger partial charge in [-0.05, 0) is 35.2 Å². The Balaban J connectivity index is 1.82. The fourth-order valence-corrected chi connectivity index (χ4v) is 3.53. The Labute approximate surface area is 138 Å². The van der Waals surface area contributed by atoms with Crippen molar-refractivity contribution in [2.24, 2.45) is 5.73 Å². The molecule has 2 heterocycles. The lowest BCUT2D eigenvalue weighted by atomic mass is 10.1. The number of carbonyl (C=O) groups is 2. The Bertz CT molecular complexity index is 679. The van der Waals surface area contributed by atoms with Crippen LogP contribution in [0, 0.1) is 0 Å². The summed E-state index contributed by atoms with van der Waals surface area (Å²) in [5, 5.41) is 4.06. The molecule has 2 amide bonds. The lowest BCUT2D eigenvalue weighted by Crippen LogP contribution is -2.38. The monoisotopic (exact) mass is 330 g/mol. The SMILES string of the molecule is NC(=O)c1cnc(C(=O)N(Cc2ccsc2)C2CCCC2)cn1. The van der Waals surface area contributed by atoms with Gasteiger partial charge in [-0.25, -0.2) is 9.97 Å². The first kappa shape index (κ1) is 15.6. The van der Waals surface area contributed by atoms with E-state index >= 15 is 0 Å². The van der Waals surface area contributed by atoms with Gasteiger partial charge in [-0.1, -0.05) is 12.8 Å². The number of primary amides is 1. The van der Waals surface area contributed by atoms with E-state index in [1.165, 1.54) is 12.4 Å². The van der Waals surface area contributed by atoms with Gasteiger partial charge in [0, 0.05) is 12.6 Å². The summed E-state index contributed by atoms with van der Waals surface area (Å²) in [4.78, 5) is 33.8. The Morgan fingerprint density at radius 1 is 1.22 bits per heavy atom. The summed E-state index contributed by atoms with van der Waals surface area (Å²) in [7, 11) is 0. The third-order valence-electron chi connectivity index (χ3n) is 4.08. The molecule has 0 atom stereocenters. The van der Waals surface area contributed by atoms with Crippen LogP contribution in [-0.4, -0.2) is 32.7 Å². The van der Waals surface area contributed by atoms with E-state index in [1.807, 2.05) is 16.3 Å². The predicted octanol–water partition coefficient (Wildman–Crippen LogP) is 2.22. The second kappa shape index (κ2) is 6.87. The molecule has 3 rings (SSSR count). The zero-order valence-electron chi connectivity index (χ0n) is 12.6. The summed E-state index contributed by atoms with van der Waals surface area (Å²) in [5.41, 5.74) is 6.59. The molecule has 6 nitrogen and oxygen atoms in total. The smallest absolute Gasteiger partial charge is 0.274 e. The Hall–Kier alpha value is -2.28. The van der Waals surface area contributed by atoms with E-state index in [0.29, 0.717) is 6.54 Å². The number of nitrogens with zero attached hydrogens (tertiary/aromatic N) is 3. The van der Waals surface area contributed by atoms with Gasteiger partial charge in [-0.15, -0.1) is 0 Å². The molecule has 1 aliphatic carbocycles. The molecular formula is C16H18N4O2S. The number of nitrogens with two attached hydrogens (primary N) is 1. The van der Waals surface area contributed by atoms with Gasteiger partial charge in [-0.3, -0.25) is 9.59 Å². The highest BCUT2D eigenvalue weighted by Crippen LogP contribution is 2.26. The number of rotatable bonds is 5. The van der Waals surface area contributed by atoms with Crippen molar-refractivity contribution >= 4 is 23.2 Å².